The molecule has 0 spiro atoms. The van der Waals surface area contributed by atoms with Crippen molar-refractivity contribution in [3.05, 3.63) is 29.8 Å². The number of unbranched alkanes of at least 4 members (excludes halogenated alkanes) is 1. The maximum atomic E-state index is 11.8. The summed E-state index contributed by atoms with van der Waals surface area (Å²) in [6.07, 6.45) is 2.40. The van der Waals surface area contributed by atoms with Crippen LogP contribution in [-0.2, 0) is 4.79 Å². The summed E-state index contributed by atoms with van der Waals surface area (Å²) in [6, 6.07) is 7.02. The largest absolute Gasteiger partial charge is 0.396 e. The Morgan fingerprint density at radius 2 is 2.10 bits per heavy atom. The van der Waals surface area contributed by atoms with Crippen LogP contribution in [0.4, 0.5) is 10.5 Å². The number of aliphatic hydroxyl groups excluding tert-OH is 1. The van der Waals surface area contributed by atoms with Crippen molar-refractivity contribution in [3.63, 3.8) is 0 Å². The third-order valence-corrected chi connectivity index (χ3v) is 2.80. The predicted octanol–water partition coefficient (Wildman–Crippen LogP) is 1.55. The van der Waals surface area contributed by atoms with Gasteiger partial charge >= 0.3 is 6.03 Å². The van der Waals surface area contributed by atoms with E-state index in [-0.39, 0.29) is 19.1 Å². The molecule has 0 saturated carbocycles. The van der Waals surface area contributed by atoms with Crippen molar-refractivity contribution in [1.82, 2.24) is 5.32 Å². The summed E-state index contributed by atoms with van der Waals surface area (Å²) < 4.78 is 0. The first kappa shape index (κ1) is 16.7. The van der Waals surface area contributed by atoms with Crippen LogP contribution in [0.2, 0.25) is 0 Å². The number of anilines is 1. The lowest BCUT2D eigenvalue weighted by molar-refractivity contribution is -0.107. The Hall–Kier alpha value is -2.32. The molecule has 5 heteroatoms. The van der Waals surface area contributed by atoms with Crippen LogP contribution in [-0.4, -0.2) is 37.6 Å². The summed E-state index contributed by atoms with van der Waals surface area (Å²) in [5.74, 6) is 5.97. The Morgan fingerprint density at radius 1 is 1.38 bits per heavy atom. The molecule has 0 bridgehead atoms. The highest BCUT2D eigenvalue weighted by Gasteiger charge is 2.13. The minimum absolute atomic E-state index is 0.144. The first-order valence-electron chi connectivity index (χ1n) is 6.85. The first-order valence-corrected chi connectivity index (χ1v) is 6.85. The van der Waals surface area contributed by atoms with Crippen LogP contribution in [0.1, 0.15) is 24.8 Å². The number of rotatable bonds is 6. The van der Waals surface area contributed by atoms with Crippen molar-refractivity contribution >= 4 is 18.0 Å². The van der Waals surface area contributed by atoms with Gasteiger partial charge < -0.3 is 15.2 Å². The highest BCUT2D eigenvalue weighted by molar-refractivity contribution is 5.92. The minimum Gasteiger partial charge on any atom is -0.396 e. The van der Waals surface area contributed by atoms with Crippen molar-refractivity contribution in [2.75, 3.05) is 25.1 Å². The molecule has 112 valence electrons. The van der Waals surface area contributed by atoms with Crippen LogP contribution in [0.3, 0.4) is 0 Å². The maximum Gasteiger partial charge on any atom is 0.321 e. The number of aldehydes is 1. The number of benzene rings is 1. The minimum atomic E-state index is -0.251. The lowest BCUT2D eigenvalue weighted by atomic mass is 10.2. The number of aliphatic hydroxyl groups is 1. The molecular weight excluding hydrogens is 268 g/mol. The van der Waals surface area contributed by atoms with Crippen molar-refractivity contribution in [1.29, 1.82) is 0 Å². The topological polar surface area (TPSA) is 69.6 Å². The fourth-order valence-corrected chi connectivity index (χ4v) is 1.72. The molecule has 0 radical (unpaired) electrons. The Bertz CT molecular complexity index is 515. The van der Waals surface area contributed by atoms with Crippen LogP contribution in [0.15, 0.2) is 24.3 Å². The summed E-state index contributed by atoms with van der Waals surface area (Å²) in [6.45, 7) is 0.482. The van der Waals surface area contributed by atoms with Crippen molar-refractivity contribution in [2.24, 2.45) is 0 Å². The summed E-state index contributed by atoms with van der Waals surface area (Å²) in [5, 5.41) is 11.2. The molecule has 0 aromatic heterocycles. The number of nitrogens with zero attached hydrogens (tertiary/aromatic N) is 1. The van der Waals surface area contributed by atoms with E-state index in [1.807, 2.05) is 12.1 Å². The number of hydrogen-bond acceptors (Lipinski definition) is 3. The van der Waals surface area contributed by atoms with E-state index in [9.17, 15) is 9.59 Å². The van der Waals surface area contributed by atoms with Crippen molar-refractivity contribution in [2.45, 2.75) is 19.3 Å². The molecule has 0 aliphatic rings. The molecule has 2 N–H and O–H groups in total. The lowest BCUT2D eigenvalue weighted by Gasteiger charge is -2.21. The fraction of sp³-hybridized carbons (Fsp3) is 0.375. The molecule has 21 heavy (non-hydrogen) atoms. The SMILES string of the molecule is CNC(=O)N(CCC=O)c1ccc(C#CCCCO)cc1. The van der Waals surface area contributed by atoms with Gasteiger partial charge in [0.1, 0.15) is 6.29 Å². The van der Waals surface area contributed by atoms with E-state index in [4.69, 9.17) is 5.11 Å². The molecule has 0 heterocycles. The Balaban J connectivity index is 2.78. The van der Waals surface area contributed by atoms with Gasteiger partial charge in [0, 0.05) is 44.3 Å². The molecule has 1 rings (SSSR count). The molecule has 0 fully saturated rings. The van der Waals surface area contributed by atoms with Gasteiger partial charge in [0.2, 0.25) is 0 Å². The van der Waals surface area contributed by atoms with E-state index in [2.05, 4.69) is 17.2 Å². The standard InChI is InChI=1S/C16H20N2O3/c1-17-16(21)18(11-5-13-20)15-9-7-14(8-10-15)6-3-2-4-12-19/h7-10,13,19H,2,4-5,11-12H2,1H3,(H,17,21). The van der Waals surface area contributed by atoms with Gasteiger partial charge in [0.15, 0.2) is 0 Å². The average Bonchev–Trinajstić information content (AvgIpc) is 2.53. The second kappa shape index (κ2) is 9.56. The molecule has 1 aromatic rings. The zero-order valence-electron chi connectivity index (χ0n) is 12.1. The van der Waals surface area contributed by atoms with E-state index in [1.54, 1.807) is 19.2 Å². The van der Waals surface area contributed by atoms with Gasteiger partial charge in [-0.3, -0.25) is 4.90 Å². The van der Waals surface area contributed by atoms with Crippen LogP contribution in [0, 0.1) is 11.8 Å². The summed E-state index contributed by atoms with van der Waals surface area (Å²) in [4.78, 5) is 23.8. The first-order chi connectivity index (χ1) is 10.2. The number of urea groups is 1. The Kier molecular flexibility index (Phi) is 7.62. The van der Waals surface area contributed by atoms with Gasteiger partial charge in [-0.1, -0.05) is 11.8 Å². The van der Waals surface area contributed by atoms with E-state index in [1.165, 1.54) is 4.90 Å². The maximum absolute atomic E-state index is 11.8. The van der Waals surface area contributed by atoms with Crippen molar-refractivity contribution in [3.8, 4) is 11.8 Å². The van der Waals surface area contributed by atoms with E-state index >= 15 is 0 Å². The third-order valence-electron chi connectivity index (χ3n) is 2.80. The molecule has 0 unspecified atom stereocenters. The van der Waals surface area contributed by atoms with Gasteiger partial charge in [-0.25, -0.2) is 4.79 Å². The number of hydrogen-bond donors (Lipinski definition) is 2. The van der Waals surface area contributed by atoms with Crippen LogP contribution in [0.5, 0.6) is 0 Å². The van der Waals surface area contributed by atoms with Gasteiger partial charge in [-0.2, -0.15) is 0 Å². The number of amides is 2. The highest BCUT2D eigenvalue weighted by Crippen LogP contribution is 2.15. The highest BCUT2D eigenvalue weighted by atomic mass is 16.3. The molecule has 2 amide bonds. The normalized spacial score (nSPS) is 9.43. The fourth-order valence-electron chi connectivity index (χ4n) is 1.72. The summed E-state index contributed by atoms with van der Waals surface area (Å²) in [5.41, 5.74) is 1.57. The Morgan fingerprint density at radius 3 is 2.67 bits per heavy atom. The predicted molar refractivity (Wildman–Crippen MR) is 82.1 cm³/mol. The average molecular weight is 288 g/mol. The molecular formula is C16H20N2O3. The summed E-state index contributed by atoms with van der Waals surface area (Å²) >= 11 is 0. The van der Waals surface area contributed by atoms with E-state index in [0.29, 0.717) is 19.4 Å². The van der Waals surface area contributed by atoms with Crippen LogP contribution >= 0.6 is 0 Å². The second-order valence-corrected chi connectivity index (χ2v) is 4.34. The quantitative estimate of drug-likeness (QED) is 0.474. The molecule has 0 aliphatic heterocycles. The van der Waals surface area contributed by atoms with Gasteiger partial charge in [0.25, 0.3) is 0 Å². The van der Waals surface area contributed by atoms with E-state index < -0.39 is 0 Å². The van der Waals surface area contributed by atoms with Crippen molar-refractivity contribution < 1.29 is 14.7 Å². The monoisotopic (exact) mass is 288 g/mol. The zero-order chi connectivity index (χ0) is 15.5. The molecule has 0 saturated heterocycles. The molecule has 1 aromatic carbocycles. The number of carbonyl (C=O) groups excluding carboxylic acids is 2. The van der Waals surface area contributed by atoms with Gasteiger partial charge in [0.05, 0.1) is 0 Å². The molecule has 5 nitrogen and oxygen atoms in total. The Labute approximate surface area is 125 Å². The van der Waals surface area contributed by atoms with E-state index in [0.717, 1.165) is 17.5 Å². The molecule has 0 aliphatic carbocycles. The number of nitrogens with one attached hydrogen (secondary N) is 1. The van der Waals surface area contributed by atoms with Crippen LogP contribution < -0.4 is 10.2 Å². The van der Waals surface area contributed by atoms with Gasteiger partial charge in [-0.05, 0) is 30.7 Å². The smallest absolute Gasteiger partial charge is 0.321 e. The second-order valence-electron chi connectivity index (χ2n) is 4.34. The summed E-state index contributed by atoms with van der Waals surface area (Å²) in [7, 11) is 1.55. The third kappa shape index (κ3) is 5.67. The zero-order valence-corrected chi connectivity index (χ0v) is 12.1. The molecule has 0 atom stereocenters. The lowest BCUT2D eigenvalue weighted by Crippen LogP contribution is -2.38. The number of carbonyl (C=O) groups is 2. The van der Waals surface area contributed by atoms with Crippen LogP contribution in [0.25, 0.3) is 0 Å². The van der Waals surface area contributed by atoms with Gasteiger partial charge in [-0.15, -0.1) is 0 Å².